The van der Waals surface area contributed by atoms with Crippen LogP contribution in [0.3, 0.4) is 0 Å². The van der Waals surface area contributed by atoms with E-state index in [2.05, 4.69) is 5.43 Å². The van der Waals surface area contributed by atoms with Crippen molar-refractivity contribution in [1.82, 2.24) is 10.3 Å². The second-order valence-electron chi connectivity index (χ2n) is 3.96. The van der Waals surface area contributed by atoms with Gasteiger partial charge in [0.05, 0.1) is 6.04 Å². The molecule has 1 aliphatic rings. The smallest absolute Gasteiger partial charge is 0.237 e. The maximum Gasteiger partial charge on any atom is 0.237 e. The summed E-state index contributed by atoms with van der Waals surface area (Å²) in [6.45, 7) is 3.12. The van der Waals surface area contributed by atoms with Gasteiger partial charge in [0.1, 0.15) is 0 Å². The summed E-state index contributed by atoms with van der Waals surface area (Å²) in [4.78, 5) is 24.2. The first kappa shape index (κ1) is 11.9. The van der Waals surface area contributed by atoms with Gasteiger partial charge in [0.2, 0.25) is 11.8 Å². The number of hydrogen-bond acceptors (Lipinski definition) is 4. The number of primary amides is 1. The first-order valence-corrected chi connectivity index (χ1v) is 5.10. The van der Waals surface area contributed by atoms with Crippen molar-refractivity contribution in [2.75, 3.05) is 13.1 Å². The van der Waals surface area contributed by atoms with E-state index in [9.17, 15) is 9.59 Å². The molecule has 6 nitrogen and oxygen atoms in total. The monoisotopic (exact) mass is 214 g/mol. The van der Waals surface area contributed by atoms with Crippen LogP contribution < -0.4 is 17.0 Å². The molecule has 86 valence electrons. The minimum Gasteiger partial charge on any atom is -0.368 e. The molecule has 1 rings (SSSR count). The van der Waals surface area contributed by atoms with Crippen molar-refractivity contribution < 1.29 is 9.59 Å². The lowest BCUT2D eigenvalue weighted by Gasteiger charge is -2.24. The number of likely N-dealkylation sites (tertiary alicyclic amines) is 1. The van der Waals surface area contributed by atoms with Crippen LogP contribution in [0.4, 0.5) is 0 Å². The Morgan fingerprint density at radius 3 is 2.80 bits per heavy atom. The SMILES string of the molecule is CC(CN1CCCC1C(N)=O)C(=O)NN. The van der Waals surface area contributed by atoms with Crippen molar-refractivity contribution in [2.45, 2.75) is 25.8 Å². The lowest BCUT2D eigenvalue weighted by Crippen LogP contribution is -2.45. The van der Waals surface area contributed by atoms with Crippen molar-refractivity contribution in [3.05, 3.63) is 0 Å². The van der Waals surface area contributed by atoms with E-state index in [1.165, 1.54) is 0 Å². The van der Waals surface area contributed by atoms with Crippen molar-refractivity contribution in [3.63, 3.8) is 0 Å². The van der Waals surface area contributed by atoms with Crippen LogP contribution in [0.2, 0.25) is 0 Å². The largest absolute Gasteiger partial charge is 0.368 e. The van der Waals surface area contributed by atoms with Gasteiger partial charge < -0.3 is 5.73 Å². The van der Waals surface area contributed by atoms with Gasteiger partial charge in [-0.3, -0.25) is 19.9 Å². The Balaban J connectivity index is 2.50. The summed E-state index contributed by atoms with van der Waals surface area (Å²) in [5.41, 5.74) is 7.37. The van der Waals surface area contributed by atoms with E-state index in [4.69, 9.17) is 11.6 Å². The van der Waals surface area contributed by atoms with E-state index >= 15 is 0 Å². The van der Waals surface area contributed by atoms with Gasteiger partial charge in [-0.1, -0.05) is 6.92 Å². The number of rotatable bonds is 4. The van der Waals surface area contributed by atoms with E-state index in [1.807, 2.05) is 4.90 Å². The molecular weight excluding hydrogens is 196 g/mol. The Kier molecular flexibility index (Phi) is 4.05. The van der Waals surface area contributed by atoms with Gasteiger partial charge in [-0.05, 0) is 19.4 Å². The van der Waals surface area contributed by atoms with Crippen LogP contribution in [0.15, 0.2) is 0 Å². The molecule has 0 aliphatic carbocycles. The molecule has 0 radical (unpaired) electrons. The molecule has 0 saturated carbocycles. The molecule has 0 aromatic carbocycles. The molecule has 6 heteroatoms. The number of carbonyl (C=O) groups is 2. The Hall–Kier alpha value is -1.14. The topological polar surface area (TPSA) is 101 Å². The predicted molar refractivity (Wildman–Crippen MR) is 55.3 cm³/mol. The van der Waals surface area contributed by atoms with Crippen molar-refractivity contribution in [2.24, 2.45) is 17.5 Å². The molecule has 2 atom stereocenters. The fourth-order valence-corrected chi connectivity index (χ4v) is 1.94. The molecule has 1 fully saturated rings. The quantitative estimate of drug-likeness (QED) is 0.303. The fourth-order valence-electron chi connectivity index (χ4n) is 1.94. The van der Waals surface area contributed by atoms with Gasteiger partial charge in [-0.25, -0.2) is 5.84 Å². The van der Waals surface area contributed by atoms with Crippen LogP contribution in [0.25, 0.3) is 0 Å². The molecule has 1 aliphatic heterocycles. The van der Waals surface area contributed by atoms with E-state index in [0.29, 0.717) is 6.54 Å². The van der Waals surface area contributed by atoms with Crippen LogP contribution in [0, 0.1) is 5.92 Å². The third-order valence-corrected chi connectivity index (χ3v) is 2.79. The maximum absolute atomic E-state index is 11.2. The lowest BCUT2D eigenvalue weighted by atomic mass is 10.1. The van der Waals surface area contributed by atoms with Gasteiger partial charge in [-0.2, -0.15) is 0 Å². The number of hydrazine groups is 1. The molecule has 0 aromatic heterocycles. The zero-order valence-electron chi connectivity index (χ0n) is 8.90. The van der Waals surface area contributed by atoms with Crippen molar-refractivity contribution >= 4 is 11.8 Å². The van der Waals surface area contributed by atoms with Crippen LogP contribution in [0.1, 0.15) is 19.8 Å². The number of nitrogens with zero attached hydrogens (tertiary/aromatic N) is 1. The predicted octanol–water partition coefficient (Wildman–Crippen LogP) is -1.44. The summed E-state index contributed by atoms with van der Waals surface area (Å²) >= 11 is 0. The normalized spacial score (nSPS) is 23.7. The van der Waals surface area contributed by atoms with E-state index in [-0.39, 0.29) is 23.8 Å². The highest BCUT2D eigenvalue weighted by molar-refractivity contribution is 5.80. The summed E-state index contributed by atoms with van der Waals surface area (Å²) in [7, 11) is 0. The summed E-state index contributed by atoms with van der Waals surface area (Å²) in [6, 6.07) is -0.224. The van der Waals surface area contributed by atoms with E-state index in [0.717, 1.165) is 19.4 Å². The number of nitrogens with two attached hydrogens (primary N) is 2. The van der Waals surface area contributed by atoms with Crippen molar-refractivity contribution in [1.29, 1.82) is 0 Å². The van der Waals surface area contributed by atoms with E-state index < -0.39 is 0 Å². The number of nitrogens with one attached hydrogen (secondary N) is 1. The van der Waals surface area contributed by atoms with Gasteiger partial charge in [-0.15, -0.1) is 0 Å². The highest BCUT2D eigenvalue weighted by atomic mass is 16.2. The summed E-state index contributed by atoms with van der Waals surface area (Å²) in [6.07, 6.45) is 1.73. The fraction of sp³-hybridized carbons (Fsp3) is 0.778. The Morgan fingerprint density at radius 1 is 1.60 bits per heavy atom. The molecule has 15 heavy (non-hydrogen) atoms. The second-order valence-corrected chi connectivity index (χ2v) is 3.96. The number of hydrogen-bond donors (Lipinski definition) is 3. The summed E-state index contributed by atoms with van der Waals surface area (Å²) in [5.74, 6) is 4.28. The van der Waals surface area contributed by atoms with Crippen LogP contribution >= 0.6 is 0 Å². The standard InChI is InChI=1S/C9H18N4O2/c1-6(9(15)12-11)5-13-4-2-3-7(13)8(10)14/h6-7H,2-5,11H2,1H3,(H2,10,14)(H,12,15). The molecular formula is C9H18N4O2. The van der Waals surface area contributed by atoms with E-state index in [1.54, 1.807) is 6.92 Å². The summed E-state index contributed by atoms with van der Waals surface area (Å²) in [5, 5.41) is 0. The van der Waals surface area contributed by atoms with Crippen LogP contribution in [-0.4, -0.2) is 35.8 Å². The zero-order chi connectivity index (χ0) is 11.4. The van der Waals surface area contributed by atoms with Crippen LogP contribution in [-0.2, 0) is 9.59 Å². The van der Waals surface area contributed by atoms with Gasteiger partial charge in [0.15, 0.2) is 0 Å². The minimum atomic E-state index is -0.312. The van der Waals surface area contributed by atoms with Crippen LogP contribution in [0.5, 0.6) is 0 Å². The third-order valence-electron chi connectivity index (χ3n) is 2.79. The summed E-state index contributed by atoms with van der Waals surface area (Å²) < 4.78 is 0. The molecule has 5 N–H and O–H groups in total. The first-order chi connectivity index (χ1) is 7.06. The van der Waals surface area contributed by atoms with Gasteiger partial charge in [0.25, 0.3) is 0 Å². The molecule has 0 bridgehead atoms. The highest BCUT2D eigenvalue weighted by Gasteiger charge is 2.30. The second kappa shape index (κ2) is 5.09. The molecule has 0 spiro atoms. The highest BCUT2D eigenvalue weighted by Crippen LogP contribution is 2.18. The van der Waals surface area contributed by atoms with Crippen molar-refractivity contribution in [3.8, 4) is 0 Å². The van der Waals surface area contributed by atoms with Gasteiger partial charge in [0, 0.05) is 12.5 Å². The lowest BCUT2D eigenvalue weighted by molar-refractivity contribution is -0.127. The first-order valence-electron chi connectivity index (χ1n) is 5.10. The Labute approximate surface area is 88.9 Å². The molecule has 2 amide bonds. The Morgan fingerprint density at radius 2 is 2.27 bits per heavy atom. The molecule has 1 saturated heterocycles. The van der Waals surface area contributed by atoms with Gasteiger partial charge >= 0.3 is 0 Å². The molecule has 0 aromatic rings. The number of amides is 2. The zero-order valence-corrected chi connectivity index (χ0v) is 8.90. The average Bonchev–Trinajstić information content (AvgIpc) is 2.64. The minimum absolute atomic E-state index is 0.217. The average molecular weight is 214 g/mol. The molecule has 1 heterocycles. The number of carbonyl (C=O) groups excluding carboxylic acids is 2. The third kappa shape index (κ3) is 2.90. The Bertz CT molecular complexity index is 256. The molecule has 2 unspecified atom stereocenters. The maximum atomic E-state index is 11.2.